The summed E-state index contributed by atoms with van der Waals surface area (Å²) in [5.41, 5.74) is 1.90. The van der Waals surface area contributed by atoms with Gasteiger partial charge in [-0.1, -0.05) is 48.9 Å². The van der Waals surface area contributed by atoms with Gasteiger partial charge in [0, 0.05) is 18.7 Å². The fourth-order valence-corrected chi connectivity index (χ4v) is 4.72. The normalized spacial score (nSPS) is 17.2. The van der Waals surface area contributed by atoms with Crippen molar-refractivity contribution in [3.05, 3.63) is 36.5 Å². The van der Waals surface area contributed by atoms with Crippen molar-refractivity contribution in [3.8, 4) is 11.3 Å². The number of hydrogen-bond donors (Lipinski definition) is 0. The Bertz CT molecular complexity index is 750. The maximum atomic E-state index is 12.3. The van der Waals surface area contributed by atoms with Gasteiger partial charge in [-0.3, -0.25) is 0 Å². The molecule has 2 aromatic rings. The van der Waals surface area contributed by atoms with Crippen molar-refractivity contribution in [2.24, 2.45) is 0 Å². The van der Waals surface area contributed by atoms with Gasteiger partial charge in [0.15, 0.2) is 0 Å². The second-order valence-corrected chi connectivity index (χ2v) is 8.34. The quantitative estimate of drug-likeness (QED) is 0.805. The average molecular weight is 348 g/mol. The predicted molar refractivity (Wildman–Crippen MR) is 94.0 cm³/mol. The van der Waals surface area contributed by atoms with E-state index in [-0.39, 0.29) is 11.8 Å². The van der Waals surface area contributed by atoms with Crippen molar-refractivity contribution in [2.75, 3.05) is 18.8 Å². The highest BCUT2D eigenvalue weighted by Gasteiger charge is 2.28. The lowest BCUT2D eigenvalue weighted by molar-refractivity contribution is 0.258. The van der Waals surface area contributed by atoms with Gasteiger partial charge in [0.25, 0.3) is 0 Å². The summed E-state index contributed by atoms with van der Waals surface area (Å²) in [5, 5.41) is 8.50. The fraction of sp³-hybridized carbons (Fsp3) is 0.529. The Hall–Kier alpha value is -1.73. The van der Waals surface area contributed by atoms with Crippen molar-refractivity contribution in [3.63, 3.8) is 0 Å². The molecule has 24 heavy (non-hydrogen) atoms. The molecular weight excluding hydrogens is 324 g/mol. The van der Waals surface area contributed by atoms with Crippen LogP contribution in [0.3, 0.4) is 0 Å². The van der Waals surface area contributed by atoms with Gasteiger partial charge in [-0.05, 0) is 19.3 Å². The van der Waals surface area contributed by atoms with E-state index in [1.165, 1.54) is 0 Å². The molecule has 1 aliphatic heterocycles. The van der Waals surface area contributed by atoms with Crippen LogP contribution in [-0.2, 0) is 10.0 Å². The van der Waals surface area contributed by atoms with E-state index in [4.69, 9.17) is 0 Å². The second-order valence-electron chi connectivity index (χ2n) is 6.25. The van der Waals surface area contributed by atoms with Crippen molar-refractivity contribution >= 4 is 10.0 Å². The van der Waals surface area contributed by atoms with Crippen LogP contribution in [0.5, 0.6) is 0 Å². The smallest absolute Gasteiger partial charge is 0.214 e. The van der Waals surface area contributed by atoms with E-state index in [2.05, 4.69) is 10.3 Å². The van der Waals surface area contributed by atoms with E-state index >= 15 is 0 Å². The monoisotopic (exact) mass is 348 g/mol. The molecule has 0 unspecified atom stereocenters. The van der Waals surface area contributed by atoms with Crippen LogP contribution in [0.15, 0.2) is 36.5 Å². The molecule has 7 heteroatoms. The van der Waals surface area contributed by atoms with E-state index in [0.717, 1.165) is 36.9 Å². The molecule has 3 rings (SSSR count). The van der Waals surface area contributed by atoms with Crippen molar-refractivity contribution < 1.29 is 8.42 Å². The SMILES string of the molecule is CCCCS(=O)(=O)N1CCC(n2cc(-c3ccccc3)nn2)CC1. The van der Waals surface area contributed by atoms with E-state index in [1.807, 2.05) is 48.1 Å². The predicted octanol–water partition coefficient (Wildman–Crippen LogP) is 2.71. The minimum absolute atomic E-state index is 0.215. The van der Waals surface area contributed by atoms with Gasteiger partial charge in [-0.2, -0.15) is 0 Å². The van der Waals surface area contributed by atoms with Gasteiger partial charge in [-0.15, -0.1) is 5.10 Å². The molecule has 0 saturated carbocycles. The number of piperidine rings is 1. The van der Waals surface area contributed by atoms with Gasteiger partial charge in [0.05, 0.1) is 18.0 Å². The summed E-state index contributed by atoms with van der Waals surface area (Å²) in [6.07, 6.45) is 5.15. The standard InChI is InChI=1S/C17H24N4O2S/c1-2-3-13-24(22,23)20-11-9-16(10-12-20)21-14-17(18-19-21)15-7-5-4-6-8-15/h4-8,14,16H,2-3,9-13H2,1H3. The van der Waals surface area contributed by atoms with Gasteiger partial charge in [0.1, 0.15) is 5.69 Å². The van der Waals surface area contributed by atoms with Gasteiger partial charge < -0.3 is 0 Å². The Labute approximate surface area is 143 Å². The molecule has 0 atom stereocenters. The first-order valence-corrected chi connectivity index (χ1v) is 10.2. The molecule has 1 aliphatic rings. The summed E-state index contributed by atoms with van der Waals surface area (Å²) >= 11 is 0. The minimum atomic E-state index is -3.10. The average Bonchev–Trinajstić information content (AvgIpc) is 3.11. The van der Waals surface area contributed by atoms with Crippen LogP contribution in [-0.4, -0.2) is 46.6 Å². The molecule has 0 radical (unpaired) electrons. The number of nitrogens with zero attached hydrogens (tertiary/aromatic N) is 4. The number of aromatic nitrogens is 3. The zero-order valence-corrected chi connectivity index (χ0v) is 14.8. The largest absolute Gasteiger partial charge is 0.249 e. The fourth-order valence-electron chi connectivity index (χ4n) is 3.04. The zero-order chi connectivity index (χ0) is 17.0. The van der Waals surface area contributed by atoms with Crippen LogP contribution in [0.4, 0.5) is 0 Å². The van der Waals surface area contributed by atoms with E-state index in [0.29, 0.717) is 13.1 Å². The van der Waals surface area contributed by atoms with Crippen LogP contribution >= 0.6 is 0 Å². The number of hydrogen-bond acceptors (Lipinski definition) is 4. The summed E-state index contributed by atoms with van der Waals surface area (Å²) < 4.78 is 28.1. The second kappa shape index (κ2) is 7.44. The van der Waals surface area contributed by atoms with Crippen LogP contribution in [0.25, 0.3) is 11.3 Å². The highest BCUT2D eigenvalue weighted by Crippen LogP contribution is 2.25. The molecule has 0 bridgehead atoms. The number of rotatable bonds is 6. The van der Waals surface area contributed by atoms with E-state index in [1.54, 1.807) is 4.31 Å². The number of sulfonamides is 1. The summed E-state index contributed by atoms with van der Waals surface area (Å²) in [4.78, 5) is 0. The summed E-state index contributed by atoms with van der Waals surface area (Å²) in [5.74, 6) is 0.260. The Morgan fingerprint density at radius 3 is 2.54 bits per heavy atom. The van der Waals surface area contributed by atoms with Crippen LogP contribution in [0.2, 0.25) is 0 Å². The maximum absolute atomic E-state index is 12.3. The van der Waals surface area contributed by atoms with Crippen LogP contribution in [0, 0.1) is 0 Å². The molecule has 2 heterocycles. The number of benzene rings is 1. The summed E-state index contributed by atoms with van der Waals surface area (Å²) in [6.45, 7) is 3.14. The Kier molecular flexibility index (Phi) is 5.30. The zero-order valence-electron chi connectivity index (χ0n) is 14.0. The van der Waals surface area contributed by atoms with Crippen molar-refractivity contribution in [1.82, 2.24) is 19.3 Å². The van der Waals surface area contributed by atoms with Crippen molar-refractivity contribution in [1.29, 1.82) is 0 Å². The van der Waals surface area contributed by atoms with Gasteiger partial charge in [-0.25, -0.2) is 17.4 Å². The lowest BCUT2D eigenvalue weighted by Gasteiger charge is -2.31. The Morgan fingerprint density at radius 1 is 1.17 bits per heavy atom. The molecule has 1 aromatic heterocycles. The third-order valence-electron chi connectivity index (χ3n) is 4.53. The summed E-state index contributed by atoms with van der Waals surface area (Å²) in [7, 11) is -3.10. The first-order chi connectivity index (χ1) is 11.6. The molecular formula is C17H24N4O2S. The highest BCUT2D eigenvalue weighted by molar-refractivity contribution is 7.89. The van der Waals surface area contributed by atoms with Crippen LogP contribution < -0.4 is 0 Å². The van der Waals surface area contributed by atoms with Crippen molar-refractivity contribution in [2.45, 2.75) is 38.6 Å². The first-order valence-electron chi connectivity index (χ1n) is 8.55. The maximum Gasteiger partial charge on any atom is 0.214 e. The molecule has 6 nitrogen and oxygen atoms in total. The lowest BCUT2D eigenvalue weighted by Crippen LogP contribution is -2.40. The molecule has 0 aliphatic carbocycles. The third-order valence-corrected chi connectivity index (χ3v) is 6.48. The summed E-state index contributed by atoms with van der Waals surface area (Å²) in [6, 6.07) is 10.2. The van der Waals surface area contributed by atoms with Crippen LogP contribution in [0.1, 0.15) is 38.6 Å². The molecule has 0 spiro atoms. The highest BCUT2D eigenvalue weighted by atomic mass is 32.2. The molecule has 1 aromatic carbocycles. The topological polar surface area (TPSA) is 68.1 Å². The Balaban J connectivity index is 1.62. The third kappa shape index (κ3) is 3.84. The molecule has 130 valence electrons. The number of unbranched alkanes of at least 4 members (excludes halogenated alkanes) is 1. The molecule has 1 fully saturated rings. The lowest BCUT2D eigenvalue weighted by atomic mass is 10.1. The van der Waals surface area contributed by atoms with Gasteiger partial charge in [0.2, 0.25) is 10.0 Å². The first kappa shape index (κ1) is 17.1. The Morgan fingerprint density at radius 2 is 1.88 bits per heavy atom. The molecule has 0 amide bonds. The van der Waals surface area contributed by atoms with E-state index in [9.17, 15) is 8.42 Å². The minimum Gasteiger partial charge on any atom is -0.249 e. The molecule has 0 N–H and O–H groups in total. The molecule has 1 saturated heterocycles. The van der Waals surface area contributed by atoms with Gasteiger partial charge >= 0.3 is 0 Å². The van der Waals surface area contributed by atoms with E-state index < -0.39 is 10.0 Å².